The highest BCUT2D eigenvalue weighted by atomic mass is 19.1. The Balaban J connectivity index is 1.13. The summed E-state index contributed by atoms with van der Waals surface area (Å²) in [6.07, 6.45) is -0.132. The number of hydrogen-bond donors (Lipinski definition) is 4. The van der Waals surface area contributed by atoms with Crippen molar-refractivity contribution in [3.8, 4) is 0 Å². The number of methoxy groups -OCH3 is 4. The van der Waals surface area contributed by atoms with Gasteiger partial charge in [0.1, 0.15) is 23.9 Å². The quantitative estimate of drug-likeness (QED) is 0.133. The zero-order valence-electron chi connectivity index (χ0n) is 37.0. The Bertz CT molecular complexity index is 2080. The molecule has 0 aliphatic carbocycles. The van der Waals surface area contributed by atoms with Gasteiger partial charge < -0.3 is 60.2 Å². The van der Waals surface area contributed by atoms with Crippen LogP contribution < -0.4 is 26.3 Å². The maximum absolute atomic E-state index is 14.2. The van der Waals surface area contributed by atoms with Gasteiger partial charge in [-0.2, -0.15) is 0 Å². The molecule has 0 spiro atoms. The summed E-state index contributed by atoms with van der Waals surface area (Å²) in [7, 11) is 5.26. The molecule has 19 heteroatoms. The number of anilines is 3. The number of benzene rings is 3. The second-order valence-corrected chi connectivity index (χ2v) is 16.1. The number of carbonyl (C=O) groups excluding carboxylic acids is 5. The smallest absolute Gasteiger partial charge is 0.407 e. The lowest BCUT2D eigenvalue weighted by atomic mass is 10.0. The SMILES string of the molecule is COC(=O)NC(C(=O)N1CCC[C@H]1C(=O)Nc1ccc([C@H]2CC[C@H](c3ccc(NN([O-])[C@@H]4CCCN4C(=O)[C@@H](NC(=O)OC)[C@@H](C)OC)cc3)N2c2ccc(F)cc2)cc1)[C@@H](C)OC. The molecule has 6 rings (SSSR count). The van der Waals surface area contributed by atoms with Gasteiger partial charge >= 0.3 is 12.2 Å². The summed E-state index contributed by atoms with van der Waals surface area (Å²) in [5.41, 5.74) is 6.72. The molecule has 3 fully saturated rings. The van der Waals surface area contributed by atoms with Crippen LogP contribution in [-0.2, 0) is 33.3 Å². The molecular weight excluding hydrogens is 832 g/mol. The van der Waals surface area contributed by atoms with Crippen LogP contribution in [0.4, 0.5) is 31.0 Å². The van der Waals surface area contributed by atoms with Gasteiger partial charge in [0.15, 0.2) is 0 Å². The molecule has 0 bridgehead atoms. The van der Waals surface area contributed by atoms with Crippen LogP contribution in [0.2, 0.25) is 0 Å². The second-order valence-electron chi connectivity index (χ2n) is 16.1. The number of hydrazine groups is 1. The van der Waals surface area contributed by atoms with Crippen LogP contribution in [0.1, 0.15) is 75.6 Å². The predicted octanol–water partition coefficient (Wildman–Crippen LogP) is 5.43. The third-order valence-electron chi connectivity index (χ3n) is 12.4. The maximum atomic E-state index is 14.2. The van der Waals surface area contributed by atoms with E-state index < -0.39 is 60.5 Å². The highest BCUT2D eigenvalue weighted by molar-refractivity contribution is 5.98. The topological polar surface area (TPSA) is 206 Å². The molecule has 0 aromatic heterocycles. The third-order valence-corrected chi connectivity index (χ3v) is 12.4. The summed E-state index contributed by atoms with van der Waals surface area (Å²) >= 11 is 0. The van der Waals surface area contributed by atoms with E-state index >= 15 is 0 Å². The van der Waals surface area contributed by atoms with Crippen LogP contribution in [0.5, 0.6) is 0 Å². The summed E-state index contributed by atoms with van der Waals surface area (Å²) in [5.74, 6) is -1.60. The molecule has 3 aliphatic heterocycles. The van der Waals surface area contributed by atoms with Crippen LogP contribution >= 0.6 is 0 Å². The van der Waals surface area contributed by atoms with Gasteiger partial charge in [0.05, 0.1) is 44.7 Å². The van der Waals surface area contributed by atoms with Crippen molar-refractivity contribution < 1.29 is 47.3 Å². The van der Waals surface area contributed by atoms with Crippen molar-refractivity contribution >= 4 is 47.0 Å². The number of carbonyl (C=O) groups is 5. The molecule has 3 aromatic rings. The monoisotopic (exact) mass is 889 g/mol. The fourth-order valence-electron chi connectivity index (χ4n) is 8.75. The van der Waals surface area contributed by atoms with Gasteiger partial charge in [0.25, 0.3) is 0 Å². The van der Waals surface area contributed by atoms with Gasteiger partial charge in [0.2, 0.25) is 17.7 Å². The van der Waals surface area contributed by atoms with Gasteiger partial charge in [-0.1, -0.05) is 24.3 Å². The van der Waals surface area contributed by atoms with Crippen LogP contribution in [0.25, 0.3) is 0 Å². The highest BCUT2D eigenvalue weighted by Crippen LogP contribution is 2.47. The fraction of sp³-hybridized carbons (Fsp3) is 0.489. The molecule has 8 atom stereocenters. The molecular formula is C45H58FN8O10-. The zero-order chi connectivity index (χ0) is 46.1. The average Bonchev–Trinajstić information content (AvgIpc) is 4.11. The Morgan fingerprint density at radius 2 is 1.16 bits per heavy atom. The number of amides is 5. The van der Waals surface area contributed by atoms with Crippen molar-refractivity contribution in [3.63, 3.8) is 0 Å². The number of nitrogens with one attached hydrogen (secondary N) is 4. The molecule has 5 amide bonds. The Hall–Kier alpha value is -6.02. The van der Waals surface area contributed by atoms with E-state index in [-0.39, 0.29) is 23.8 Å². The first-order valence-corrected chi connectivity index (χ1v) is 21.4. The van der Waals surface area contributed by atoms with Gasteiger partial charge in [-0.25, -0.2) is 14.0 Å². The fourth-order valence-corrected chi connectivity index (χ4v) is 8.75. The Kier molecular flexibility index (Phi) is 16.0. The van der Waals surface area contributed by atoms with E-state index in [9.17, 15) is 33.6 Å². The van der Waals surface area contributed by atoms with Gasteiger partial charge in [-0.3, -0.25) is 19.6 Å². The maximum Gasteiger partial charge on any atom is 0.407 e. The van der Waals surface area contributed by atoms with E-state index in [1.54, 1.807) is 38.1 Å². The molecule has 346 valence electrons. The number of hydrogen-bond acceptors (Lipinski definition) is 13. The van der Waals surface area contributed by atoms with E-state index in [1.807, 2.05) is 36.4 Å². The summed E-state index contributed by atoms with van der Waals surface area (Å²) in [6, 6.07) is 18.3. The Labute approximate surface area is 372 Å². The third kappa shape index (κ3) is 10.8. The van der Waals surface area contributed by atoms with Crippen molar-refractivity contribution in [1.29, 1.82) is 0 Å². The standard InChI is InChI=1S/C45H58FN8O10/c1-27(61-3)39(48-44(58)63-5)42(56)51-25-7-9-37(51)41(55)47-32-17-11-29(12-18-32)35-23-24-36(53(35)34-21-15-31(46)16-22-34)30-13-19-33(20-14-30)50-54(60)38-10-8-26-52(38)43(57)40(28(2)62-4)49-45(59)64-6/h11-22,27-28,35-40,50H,7-10,23-26H2,1-6H3,(H,47,55)(H,48,58)(H,49,59)/q-1/t27-,28-,35-,36-,37+,38-,39?,40+/m1/s1. The summed E-state index contributed by atoms with van der Waals surface area (Å²) in [4.78, 5) is 70.0. The first kappa shape index (κ1) is 47.5. The molecule has 0 saturated carbocycles. The molecule has 18 nitrogen and oxygen atoms in total. The number of halogens is 1. The average molecular weight is 890 g/mol. The van der Waals surface area contributed by atoms with Gasteiger partial charge in [-0.05, 0) is 112 Å². The number of ether oxygens (including phenoxy) is 4. The molecule has 3 heterocycles. The predicted molar refractivity (Wildman–Crippen MR) is 235 cm³/mol. The van der Waals surface area contributed by atoms with Gasteiger partial charge in [0, 0.05) is 44.4 Å². The van der Waals surface area contributed by atoms with E-state index in [2.05, 4.69) is 26.3 Å². The summed E-state index contributed by atoms with van der Waals surface area (Å²) in [5, 5.41) is 22.2. The Morgan fingerprint density at radius 3 is 1.67 bits per heavy atom. The van der Waals surface area contributed by atoms with Crippen LogP contribution in [-0.4, -0.2) is 123 Å². The van der Waals surface area contributed by atoms with Crippen molar-refractivity contribution in [2.45, 2.75) is 101 Å². The molecule has 3 aliphatic rings. The summed E-state index contributed by atoms with van der Waals surface area (Å²) in [6.45, 7) is 3.97. The lowest BCUT2D eigenvalue weighted by Gasteiger charge is -2.41. The minimum Gasteiger partial charge on any atom is -0.766 e. The first-order chi connectivity index (χ1) is 30.8. The second kappa shape index (κ2) is 21.6. The van der Waals surface area contributed by atoms with Crippen molar-refractivity contribution in [2.75, 3.05) is 57.2 Å². The normalized spacial score (nSPS) is 21.5. The summed E-state index contributed by atoms with van der Waals surface area (Å²) < 4.78 is 34.3. The highest BCUT2D eigenvalue weighted by Gasteiger charge is 2.41. The lowest BCUT2D eigenvalue weighted by molar-refractivity contribution is -0.141. The van der Waals surface area contributed by atoms with Crippen LogP contribution in [0.3, 0.4) is 0 Å². The minimum absolute atomic E-state index is 0.107. The van der Waals surface area contributed by atoms with Crippen molar-refractivity contribution in [3.05, 3.63) is 94.9 Å². The number of hydroxylamine groups is 1. The van der Waals surface area contributed by atoms with E-state index in [4.69, 9.17) is 18.9 Å². The first-order valence-electron chi connectivity index (χ1n) is 21.4. The van der Waals surface area contributed by atoms with Crippen molar-refractivity contribution in [2.24, 2.45) is 0 Å². The van der Waals surface area contributed by atoms with Crippen molar-refractivity contribution in [1.82, 2.24) is 25.6 Å². The van der Waals surface area contributed by atoms with Crippen LogP contribution in [0, 0.1) is 11.0 Å². The number of alkyl carbamates (subject to hydrolysis) is 2. The molecule has 1 unspecified atom stereocenters. The molecule has 3 saturated heterocycles. The van der Waals surface area contributed by atoms with E-state index in [0.717, 1.165) is 29.7 Å². The minimum atomic E-state index is -1.06. The molecule has 0 radical (unpaired) electrons. The van der Waals surface area contributed by atoms with Gasteiger partial charge in [-0.15, -0.1) is 0 Å². The lowest BCUT2D eigenvalue weighted by Crippen LogP contribution is -2.57. The van der Waals surface area contributed by atoms with E-state index in [1.165, 1.54) is 50.4 Å². The molecule has 4 N–H and O–H groups in total. The number of likely N-dealkylation sites (tertiary alicyclic amines) is 2. The number of nitrogens with zero attached hydrogens (tertiary/aromatic N) is 4. The Morgan fingerprint density at radius 1 is 0.672 bits per heavy atom. The van der Waals surface area contributed by atoms with E-state index in [0.29, 0.717) is 55.3 Å². The largest absolute Gasteiger partial charge is 0.766 e. The van der Waals surface area contributed by atoms with Crippen LogP contribution in [0.15, 0.2) is 72.8 Å². The number of rotatable bonds is 16. The zero-order valence-corrected chi connectivity index (χ0v) is 37.0. The molecule has 3 aromatic carbocycles. The molecule has 64 heavy (non-hydrogen) atoms.